The first-order valence-corrected chi connectivity index (χ1v) is 5.53. The summed E-state index contributed by atoms with van der Waals surface area (Å²) in [6, 6.07) is 5.97. The Bertz CT molecular complexity index is 318. The average molecular weight is 354 g/mol. The summed E-state index contributed by atoms with van der Waals surface area (Å²) in [5.74, 6) is 0. The van der Waals surface area contributed by atoms with Gasteiger partial charge in [0.25, 0.3) is 0 Å². The van der Waals surface area contributed by atoms with Crippen LogP contribution >= 0.6 is 47.8 Å². The summed E-state index contributed by atoms with van der Waals surface area (Å²) in [7, 11) is 0. The van der Waals surface area contributed by atoms with Crippen molar-refractivity contribution in [1.29, 1.82) is 5.26 Å². The molecule has 0 radical (unpaired) electrons. The molecular formula is C8H4Br3N. The molecule has 1 aromatic rings. The SMILES string of the molecule is N#CCc1c(Br)cc(Br)cc1Br. The minimum Gasteiger partial charge on any atom is -0.198 e. The van der Waals surface area contributed by atoms with Crippen LogP contribution in [0.2, 0.25) is 0 Å². The van der Waals surface area contributed by atoms with Gasteiger partial charge in [0.2, 0.25) is 0 Å². The predicted octanol–water partition coefficient (Wildman–Crippen LogP) is 4.04. The predicted molar refractivity (Wildman–Crippen MR) is 58.9 cm³/mol. The molecule has 0 aliphatic carbocycles. The lowest BCUT2D eigenvalue weighted by atomic mass is 10.2. The van der Waals surface area contributed by atoms with Crippen LogP contribution in [0, 0.1) is 11.3 Å². The number of benzene rings is 1. The Labute approximate surface area is 96.2 Å². The van der Waals surface area contributed by atoms with Crippen molar-refractivity contribution in [3.63, 3.8) is 0 Å². The first kappa shape index (κ1) is 10.2. The van der Waals surface area contributed by atoms with E-state index in [4.69, 9.17) is 5.26 Å². The Morgan fingerprint density at radius 3 is 2.08 bits per heavy atom. The number of nitriles is 1. The molecule has 0 amide bonds. The molecule has 1 nitrogen and oxygen atoms in total. The second kappa shape index (κ2) is 4.40. The van der Waals surface area contributed by atoms with Crippen LogP contribution in [0.1, 0.15) is 5.56 Å². The Kier molecular flexibility index (Phi) is 3.76. The number of halogens is 3. The summed E-state index contributed by atoms with van der Waals surface area (Å²) in [4.78, 5) is 0. The van der Waals surface area contributed by atoms with Crippen molar-refractivity contribution in [2.75, 3.05) is 0 Å². The maximum atomic E-state index is 8.53. The number of hydrogen-bond donors (Lipinski definition) is 0. The van der Waals surface area contributed by atoms with Crippen molar-refractivity contribution in [3.05, 3.63) is 31.1 Å². The molecule has 0 atom stereocenters. The van der Waals surface area contributed by atoms with Crippen molar-refractivity contribution in [2.24, 2.45) is 0 Å². The van der Waals surface area contributed by atoms with Gasteiger partial charge in [-0.05, 0) is 17.7 Å². The van der Waals surface area contributed by atoms with Gasteiger partial charge in [0.1, 0.15) is 0 Å². The Hall–Kier alpha value is 0.150. The quantitative estimate of drug-likeness (QED) is 0.747. The second-order valence-corrected chi connectivity index (χ2v) is 4.81. The molecule has 0 fully saturated rings. The highest BCUT2D eigenvalue weighted by atomic mass is 79.9. The maximum absolute atomic E-state index is 8.53. The van der Waals surface area contributed by atoms with Gasteiger partial charge in [-0.2, -0.15) is 5.26 Å². The molecule has 0 saturated heterocycles. The van der Waals surface area contributed by atoms with E-state index in [0.29, 0.717) is 6.42 Å². The smallest absolute Gasteiger partial charge is 0.0670 e. The number of rotatable bonds is 1. The lowest BCUT2D eigenvalue weighted by Gasteiger charge is -2.03. The van der Waals surface area contributed by atoms with Crippen LogP contribution in [-0.2, 0) is 6.42 Å². The molecule has 0 aliphatic heterocycles. The third-order valence-electron chi connectivity index (χ3n) is 1.36. The molecule has 1 aromatic carbocycles. The molecule has 0 aromatic heterocycles. The highest BCUT2D eigenvalue weighted by Gasteiger charge is 2.05. The maximum Gasteiger partial charge on any atom is 0.0670 e. The lowest BCUT2D eigenvalue weighted by Crippen LogP contribution is -1.86. The van der Waals surface area contributed by atoms with E-state index in [1.165, 1.54) is 0 Å². The van der Waals surface area contributed by atoms with Crippen molar-refractivity contribution in [1.82, 2.24) is 0 Å². The topological polar surface area (TPSA) is 23.8 Å². The van der Waals surface area contributed by atoms with Gasteiger partial charge in [-0.1, -0.05) is 47.8 Å². The summed E-state index contributed by atoms with van der Waals surface area (Å²) in [5, 5.41) is 8.53. The van der Waals surface area contributed by atoms with Crippen LogP contribution in [0.4, 0.5) is 0 Å². The van der Waals surface area contributed by atoms with Crippen LogP contribution in [-0.4, -0.2) is 0 Å². The van der Waals surface area contributed by atoms with Gasteiger partial charge in [-0.3, -0.25) is 0 Å². The van der Waals surface area contributed by atoms with E-state index in [1.807, 2.05) is 12.1 Å². The monoisotopic (exact) mass is 351 g/mol. The summed E-state index contributed by atoms with van der Waals surface area (Å²) in [5.41, 5.74) is 0.987. The van der Waals surface area contributed by atoms with E-state index in [9.17, 15) is 0 Å². The molecule has 0 spiro atoms. The van der Waals surface area contributed by atoms with Crippen LogP contribution in [0.3, 0.4) is 0 Å². The molecule has 0 bridgehead atoms. The highest BCUT2D eigenvalue weighted by molar-refractivity contribution is 9.11. The largest absolute Gasteiger partial charge is 0.198 e. The summed E-state index contributed by atoms with van der Waals surface area (Å²) in [6.07, 6.45) is 0.411. The average Bonchev–Trinajstić information content (AvgIpc) is 1.96. The van der Waals surface area contributed by atoms with Gasteiger partial charge in [-0.25, -0.2) is 0 Å². The highest BCUT2D eigenvalue weighted by Crippen LogP contribution is 2.29. The third kappa shape index (κ3) is 2.32. The Balaban J connectivity index is 3.21. The fraction of sp³-hybridized carbons (Fsp3) is 0.125. The van der Waals surface area contributed by atoms with Crippen LogP contribution in [0.25, 0.3) is 0 Å². The van der Waals surface area contributed by atoms with Gasteiger partial charge in [-0.15, -0.1) is 0 Å². The minimum absolute atomic E-state index is 0.411. The lowest BCUT2D eigenvalue weighted by molar-refractivity contribution is 1.22. The van der Waals surface area contributed by atoms with E-state index >= 15 is 0 Å². The molecule has 1 rings (SSSR count). The summed E-state index contributed by atoms with van der Waals surface area (Å²) >= 11 is 10.1. The fourth-order valence-corrected chi connectivity index (χ4v) is 3.36. The zero-order valence-electron chi connectivity index (χ0n) is 5.94. The Morgan fingerprint density at radius 1 is 1.17 bits per heavy atom. The normalized spacial score (nSPS) is 9.50. The van der Waals surface area contributed by atoms with Gasteiger partial charge in [0, 0.05) is 13.4 Å². The van der Waals surface area contributed by atoms with Gasteiger partial charge >= 0.3 is 0 Å². The van der Waals surface area contributed by atoms with Crippen molar-refractivity contribution < 1.29 is 0 Å². The van der Waals surface area contributed by atoms with E-state index in [0.717, 1.165) is 19.0 Å². The summed E-state index contributed by atoms with van der Waals surface area (Å²) in [6.45, 7) is 0. The molecule has 12 heavy (non-hydrogen) atoms. The van der Waals surface area contributed by atoms with E-state index in [1.54, 1.807) is 0 Å². The first-order valence-electron chi connectivity index (χ1n) is 3.15. The summed E-state index contributed by atoms with van der Waals surface area (Å²) < 4.78 is 2.89. The number of hydrogen-bond acceptors (Lipinski definition) is 1. The number of nitrogens with zero attached hydrogens (tertiary/aromatic N) is 1. The first-order chi connectivity index (χ1) is 5.65. The fourth-order valence-electron chi connectivity index (χ4n) is 0.820. The third-order valence-corrected chi connectivity index (χ3v) is 3.23. The van der Waals surface area contributed by atoms with Gasteiger partial charge in [0.05, 0.1) is 12.5 Å². The minimum atomic E-state index is 0.411. The zero-order valence-corrected chi connectivity index (χ0v) is 10.7. The molecule has 0 saturated carbocycles. The van der Waals surface area contributed by atoms with E-state index in [-0.39, 0.29) is 0 Å². The Morgan fingerprint density at radius 2 is 1.67 bits per heavy atom. The molecule has 62 valence electrons. The molecular weight excluding hydrogens is 350 g/mol. The molecule has 4 heteroatoms. The zero-order chi connectivity index (χ0) is 9.14. The molecule has 0 heterocycles. The standard InChI is InChI=1S/C8H4Br3N/c9-5-3-7(10)6(1-2-12)8(11)4-5/h3-4H,1H2. The van der Waals surface area contributed by atoms with Crippen LogP contribution < -0.4 is 0 Å². The van der Waals surface area contributed by atoms with Gasteiger partial charge < -0.3 is 0 Å². The van der Waals surface area contributed by atoms with E-state index in [2.05, 4.69) is 53.9 Å². The molecule has 0 unspecified atom stereocenters. The van der Waals surface area contributed by atoms with Crippen molar-refractivity contribution >= 4 is 47.8 Å². The van der Waals surface area contributed by atoms with E-state index < -0.39 is 0 Å². The van der Waals surface area contributed by atoms with Crippen LogP contribution in [0.5, 0.6) is 0 Å². The van der Waals surface area contributed by atoms with Crippen LogP contribution in [0.15, 0.2) is 25.6 Å². The molecule has 0 N–H and O–H groups in total. The second-order valence-electron chi connectivity index (χ2n) is 2.18. The molecule has 0 aliphatic rings. The van der Waals surface area contributed by atoms with Gasteiger partial charge in [0.15, 0.2) is 0 Å². The van der Waals surface area contributed by atoms with Crippen molar-refractivity contribution in [2.45, 2.75) is 6.42 Å². The van der Waals surface area contributed by atoms with Crippen molar-refractivity contribution in [3.8, 4) is 6.07 Å².